The number of rotatable bonds is 1. The average molecular weight is 229 g/mol. The summed E-state index contributed by atoms with van der Waals surface area (Å²) >= 11 is 0. The van der Waals surface area contributed by atoms with Crippen LogP contribution in [0.15, 0.2) is 36.7 Å². The summed E-state index contributed by atoms with van der Waals surface area (Å²) in [7, 11) is 0. The molecule has 3 rings (SSSR count). The molecule has 0 atom stereocenters. The Hall–Kier alpha value is -2.63. The summed E-state index contributed by atoms with van der Waals surface area (Å²) in [6, 6.07) is 7.23. The Balaban J connectivity index is 2.15. The Kier molecular flexibility index (Phi) is 1.94. The van der Waals surface area contributed by atoms with Crippen LogP contribution in [-0.2, 0) is 0 Å². The highest BCUT2D eigenvalue weighted by atomic mass is 16.6. The minimum Gasteiger partial charge on any atom is -0.451 e. The molecule has 0 aliphatic carbocycles. The number of hydrogen-bond acceptors (Lipinski definition) is 5. The van der Waals surface area contributed by atoms with Gasteiger partial charge in [-0.05, 0) is 12.1 Å². The molecule has 2 heterocycles. The van der Waals surface area contributed by atoms with Crippen molar-refractivity contribution in [3.8, 4) is 11.5 Å². The molecule has 0 saturated heterocycles. The van der Waals surface area contributed by atoms with E-state index in [1.54, 1.807) is 12.1 Å². The first-order valence-electron chi connectivity index (χ1n) is 4.92. The Morgan fingerprint density at radius 2 is 2.06 bits per heavy atom. The maximum Gasteiger partial charge on any atom is 0.314 e. The SMILES string of the molecule is O=[N+]([O-])c1cncc2c1Nc1ccccc1O2. The van der Waals surface area contributed by atoms with Gasteiger partial charge in [0.15, 0.2) is 17.2 Å². The van der Waals surface area contributed by atoms with E-state index in [1.165, 1.54) is 12.4 Å². The maximum absolute atomic E-state index is 10.9. The minimum absolute atomic E-state index is 0.1000. The highest BCUT2D eigenvalue weighted by molar-refractivity contribution is 5.80. The number of aromatic nitrogens is 1. The van der Waals surface area contributed by atoms with Crippen LogP contribution in [0.4, 0.5) is 17.1 Å². The summed E-state index contributed by atoms with van der Waals surface area (Å²) < 4.78 is 5.54. The van der Waals surface area contributed by atoms with E-state index >= 15 is 0 Å². The monoisotopic (exact) mass is 229 g/mol. The minimum atomic E-state index is -0.490. The van der Waals surface area contributed by atoms with Gasteiger partial charge in [0.05, 0.1) is 16.8 Å². The summed E-state index contributed by atoms with van der Waals surface area (Å²) in [4.78, 5) is 14.2. The van der Waals surface area contributed by atoms with Crippen molar-refractivity contribution in [3.63, 3.8) is 0 Å². The second kappa shape index (κ2) is 3.44. The number of nitrogens with one attached hydrogen (secondary N) is 1. The molecule has 84 valence electrons. The third-order valence-corrected chi connectivity index (χ3v) is 2.45. The first-order valence-corrected chi connectivity index (χ1v) is 4.92. The van der Waals surface area contributed by atoms with Crippen molar-refractivity contribution in [3.05, 3.63) is 46.8 Å². The third kappa shape index (κ3) is 1.46. The van der Waals surface area contributed by atoms with E-state index in [2.05, 4.69) is 10.3 Å². The summed E-state index contributed by atoms with van der Waals surface area (Å²) in [5.41, 5.74) is 0.940. The standard InChI is InChI=1S/C11H7N3O3/c15-14(16)8-5-12-6-10-11(8)13-7-3-1-2-4-9(7)17-10/h1-6,13H. The molecule has 0 unspecified atom stereocenters. The molecule has 6 heteroatoms. The Bertz CT molecular complexity index is 613. The van der Waals surface area contributed by atoms with Crippen molar-refractivity contribution < 1.29 is 9.66 Å². The number of para-hydroxylation sites is 2. The van der Waals surface area contributed by atoms with E-state index in [0.29, 0.717) is 22.9 Å². The van der Waals surface area contributed by atoms with E-state index in [0.717, 1.165) is 0 Å². The predicted octanol–water partition coefficient (Wildman–Crippen LogP) is 2.84. The second-order valence-corrected chi connectivity index (χ2v) is 3.51. The molecule has 1 aliphatic rings. The zero-order chi connectivity index (χ0) is 11.8. The van der Waals surface area contributed by atoms with Gasteiger partial charge in [-0.2, -0.15) is 0 Å². The average Bonchev–Trinajstić information content (AvgIpc) is 2.35. The Morgan fingerprint density at radius 1 is 1.24 bits per heavy atom. The summed E-state index contributed by atoms with van der Waals surface area (Å²) in [5.74, 6) is 0.986. The van der Waals surface area contributed by atoms with Crippen molar-refractivity contribution in [2.45, 2.75) is 0 Å². The lowest BCUT2D eigenvalue weighted by Gasteiger charge is -2.20. The first kappa shape index (κ1) is 9.59. The highest BCUT2D eigenvalue weighted by Gasteiger charge is 2.25. The van der Waals surface area contributed by atoms with Gasteiger partial charge in [-0.15, -0.1) is 0 Å². The maximum atomic E-state index is 10.9. The molecule has 0 bridgehead atoms. The number of nitrogens with zero attached hydrogens (tertiary/aromatic N) is 2. The molecule has 1 aromatic carbocycles. The van der Waals surface area contributed by atoms with Crippen LogP contribution in [0.25, 0.3) is 0 Å². The van der Waals surface area contributed by atoms with Gasteiger partial charge in [0.25, 0.3) is 0 Å². The van der Waals surface area contributed by atoms with Crippen LogP contribution >= 0.6 is 0 Å². The van der Waals surface area contributed by atoms with Crippen molar-refractivity contribution in [2.24, 2.45) is 0 Å². The summed E-state index contributed by atoms with van der Waals surface area (Å²) in [5, 5.41) is 13.8. The molecule has 0 fully saturated rings. The van der Waals surface area contributed by atoms with Gasteiger partial charge in [0.2, 0.25) is 0 Å². The highest BCUT2D eigenvalue weighted by Crippen LogP contribution is 2.45. The second-order valence-electron chi connectivity index (χ2n) is 3.51. The lowest BCUT2D eigenvalue weighted by atomic mass is 10.2. The molecular formula is C11H7N3O3. The van der Waals surface area contributed by atoms with Gasteiger partial charge >= 0.3 is 5.69 Å². The lowest BCUT2D eigenvalue weighted by Crippen LogP contribution is -2.05. The number of ether oxygens (including phenoxy) is 1. The van der Waals surface area contributed by atoms with E-state index in [1.807, 2.05) is 12.1 Å². The molecule has 17 heavy (non-hydrogen) atoms. The fourth-order valence-corrected chi connectivity index (χ4v) is 1.68. The number of anilines is 2. The fourth-order valence-electron chi connectivity index (χ4n) is 1.68. The number of nitro groups is 1. The number of benzene rings is 1. The van der Waals surface area contributed by atoms with Crippen LogP contribution in [0.3, 0.4) is 0 Å². The van der Waals surface area contributed by atoms with Gasteiger partial charge in [0, 0.05) is 0 Å². The molecule has 0 radical (unpaired) electrons. The molecule has 1 aromatic heterocycles. The van der Waals surface area contributed by atoms with E-state index in [-0.39, 0.29) is 5.69 Å². The Morgan fingerprint density at radius 3 is 2.88 bits per heavy atom. The van der Waals surface area contributed by atoms with E-state index in [4.69, 9.17) is 4.74 Å². The molecule has 1 N–H and O–H groups in total. The van der Waals surface area contributed by atoms with Crippen LogP contribution < -0.4 is 10.1 Å². The topological polar surface area (TPSA) is 77.3 Å². The molecule has 2 aromatic rings. The van der Waals surface area contributed by atoms with Gasteiger partial charge in [-0.3, -0.25) is 15.1 Å². The van der Waals surface area contributed by atoms with Crippen LogP contribution in [0.1, 0.15) is 0 Å². The molecule has 0 spiro atoms. The molecule has 6 nitrogen and oxygen atoms in total. The Labute approximate surface area is 96.0 Å². The number of pyridine rings is 1. The number of hydrogen-bond donors (Lipinski definition) is 1. The van der Waals surface area contributed by atoms with Crippen LogP contribution in [0, 0.1) is 10.1 Å². The largest absolute Gasteiger partial charge is 0.451 e. The van der Waals surface area contributed by atoms with Crippen molar-refractivity contribution in [1.82, 2.24) is 4.98 Å². The summed E-state index contributed by atoms with van der Waals surface area (Å²) in [6.07, 6.45) is 2.65. The lowest BCUT2D eigenvalue weighted by molar-refractivity contribution is -0.384. The molecule has 1 aliphatic heterocycles. The zero-order valence-electron chi connectivity index (χ0n) is 8.58. The fraction of sp³-hybridized carbons (Fsp3) is 0. The van der Waals surface area contributed by atoms with Crippen LogP contribution in [-0.4, -0.2) is 9.91 Å². The van der Waals surface area contributed by atoms with Crippen molar-refractivity contribution >= 4 is 17.1 Å². The van der Waals surface area contributed by atoms with Gasteiger partial charge < -0.3 is 10.1 Å². The molecule has 0 amide bonds. The molecular weight excluding hydrogens is 222 g/mol. The smallest absolute Gasteiger partial charge is 0.314 e. The quantitative estimate of drug-likeness (QED) is 0.512. The first-order chi connectivity index (χ1) is 8.25. The van der Waals surface area contributed by atoms with Crippen molar-refractivity contribution in [1.29, 1.82) is 0 Å². The van der Waals surface area contributed by atoms with E-state index < -0.39 is 4.92 Å². The zero-order valence-corrected chi connectivity index (χ0v) is 8.58. The van der Waals surface area contributed by atoms with Gasteiger partial charge in [-0.25, -0.2) is 0 Å². The predicted molar refractivity (Wildman–Crippen MR) is 60.7 cm³/mol. The van der Waals surface area contributed by atoms with Gasteiger partial charge in [-0.1, -0.05) is 12.1 Å². The van der Waals surface area contributed by atoms with Crippen LogP contribution in [0.5, 0.6) is 11.5 Å². The summed E-state index contributed by atoms with van der Waals surface area (Å²) in [6.45, 7) is 0. The van der Waals surface area contributed by atoms with Gasteiger partial charge in [0.1, 0.15) is 6.20 Å². The molecule has 0 saturated carbocycles. The number of fused-ring (bicyclic) bond motifs is 2. The van der Waals surface area contributed by atoms with Crippen LogP contribution in [0.2, 0.25) is 0 Å². The third-order valence-electron chi connectivity index (χ3n) is 2.45. The van der Waals surface area contributed by atoms with E-state index in [9.17, 15) is 10.1 Å². The normalized spacial score (nSPS) is 11.8. The van der Waals surface area contributed by atoms with Crippen molar-refractivity contribution in [2.75, 3.05) is 5.32 Å².